The second kappa shape index (κ2) is 7.14. The van der Waals surface area contributed by atoms with Gasteiger partial charge in [0, 0.05) is 32.7 Å². The van der Waals surface area contributed by atoms with Gasteiger partial charge in [0.2, 0.25) is 0 Å². The zero-order valence-electron chi connectivity index (χ0n) is 20.1. The maximum atomic E-state index is 5.98. The molecule has 0 spiro atoms. The molecule has 0 N–H and O–H groups in total. The summed E-state index contributed by atoms with van der Waals surface area (Å²) in [6.45, 7) is 0. The van der Waals surface area contributed by atoms with Crippen molar-refractivity contribution in [1.82, 2.24) is 19.4 Å². The lowest BCUT2D eigenvalue weighted by Gasteiger charge is -2.10. The lowest BCUT2D eigenvalue weighted by Crippen LogP contribution is -1.95. The van der Waals surface area contributed by atoms with E-state index in [1.807, 2.05) is 30.3 Å². The molecule has 0 amide bonds. The molecule has 0 saturated carbocycles. The Labute approximate surface area is 216 Å². The van der Waals surface area contributed by atoms with Gasteiger partial charge >= 0.3 is 0 Å². The van der Waals surface area contributed by atoms with E-state index in [2.05, 4.69) is 82.2 Å². The van der Waals surface area contributed by atoms with Gasteiger partial charge in [-0.25, -0.2) is 15.0 Å². The molecule has 0 fully saturated rings. The van der Waals surface area contributed by atoms with Crippen molar-refractivity contribution in [3.05, 3.63) is 110 Å². The van der Waals surface area contributed by atoms with Crippen LogP contribution < -0.4 is 0 Å². The zero-order chi connectivity index (χ0) is 24.8. The quantitative estimate of drug-likeness (QED) is 0.247. The Kier molecular flexibility index (Phi) is 3.73. The molecule has 0 aliphatic carbocycles. The van der Waals surface area contributed by atoms with Gasteiger partial charge in [-0.3, -0.25) is 0 Å². The van der Waals surface area contributed by atoms with Gasteiger partial charge in [0.1, 0.15) is 5.52 Å². The average molecular weight is 487 g/mol. The molecule has 9 aromatic rings. The fourth-order valence-electron chi connectivity index (χ4n) is 6.04. The van der Waals surface area contributed by atoms with Crippen molar-refractivity contribution in [1.29, 1.82) is 0 Å². The summed E-state index contributed by atoms with van der Waals surface area (Å²) in [5.41, 5.74) is 9.05. The van der Waals surface area contributed by atoms with Crippen LogP contribution >= 0.6 is 0 Å². The zero-order valence-corrected chi connectivity index (χ0v) is 20.1. The molecular formula is C33H18N4O. The summed E-state index contributed by atoms with van der Waals surface area (Å²) in [7, 11) is 0. The number of aromatic nitrogens is 4. The van der Waals surface area contributed by atoms with Crippen LogP contribution in [0.4, 0.5) is 0 Å². The number of fused-ring (bicyclic) bond motifs is 9. The number of para-hydroxylation sites is 2. The minimum Gasteiger partial charge on any atom is -0.443 e. The van der Waals surface area contributed by atoms with Gasteiger partial charge in [-0.1, -0.05) is 72.8 Å². The van der Waals surface area contributed by atoms with Crippen LogP contribution in [-0.4, -0.2) is 19.4 Å². The van der Waals surface area contributed by atoms with E-state index in [9.17, 15) is 0 Å². The first-order valence-corrected chi connectivity index (χ1v) is 12.6. The van der Waals surface area contributed by atoms with E-state index in [0.29, 0.717) is 0 Å². The summed E-state index contributed by atoms with van der Waals surface area (Å²) in [5.74, 6) is 0.719. The van der Waals surface area contributed by atoms with Crippen LogP contribution in [0.15, 0.2) is 114 Å². The van der Waals surface area contributed by atoms with Gasteiger partial charge in [0.05, 0.1) is 33.1 Å². The van der Waals surface area contributed by atoms with Crippen molar-refractivity contribution in [2.45, 2.75) is 0 Å². The predicted octanol–water partition coefficient (Wildman–Crippen LogP) is 8.26. The molecule has 5 nitrogen and oxygen atoms in total. The number of hydrogen-bond donors (Lipinski definition) is 0. The first-order chi connectivity index (χ1) is 18.8. The minimum absolute atomic E-state index is 0.719. The van der Waals surface area contributed by atoms with E-state index in [-0.39, 0.29) is 0 Å². The van der Waals surface area contributed by atoms with Crippen molar-refractivity contribution < 1.29 is 4.42 Å². The second-order valence-corrected chi connectivity index (χ2v) is 9.71. The van der Waals surface area contributed by atoms with Gasteiger partial charge in [-0.2, -0.15) is 0 Å². The lowest BCUT2D eigenvalue weighted by atomic mass is 10.0. The molecule has 38 heavy (non-hydrogen) atoms. The topological polar surface area (TPSA) is 56.2 Å². The maximum Gasteiger partial charge on any atom is 0.182 e. The Morgan fingerprint density at radius 2 is 1.37 bits per heavy atom. The van der Waals surface area contributed by atoms with Crippen LogP contribution in [0.2, 0.25) is 0 Å². The van der Waals surface area contributed by atoms with Gasteiger partial charge in [-0.05, 0) is 30.3 Å². The standard InChI is InChI=1S/C33H18N4O/c1-2-8-19(9-3-1)33-35-25-12-6-4-11-22(25)30(36-33)20-14-15-28-24(16-20)29-31-23(17-26-32(29)38-18-34-26)21-10-5-7-13-27(21)37(28)31/h1-18H. The molecular weight excluding hydrogens is 468 g/mol. The normalized spacial score (nSPS) is 12.2. The molecule has 4 aromatic heterocycles. The van der Waals surface area contributed by atoms with Crippen molar-refractivity contribution in [3.63, 3.8) is 0 Å². The molecule has 0 bridgehead atoms. The summed E-state index contributed by atoms with van der Waals surface area (Å²) in [6, 6.07) is 35.7. The predicted molar refractivity (Wildman–Crippen MR) is 153 cm³/mol. The average Bonchev–Trinajstić information content (AvgIpc) is 3.67. The number of nitrogens with zero attached hydrogens (tertiary/aromatic N) is 4. The summed E-state index contributed by atoms with van der Waals surface area (Å²) in [6.07, 6.45) is 1.54. The van der Waals surface area contributed by atoms with Crippen LogP contribution in [-0.2, 0) is 0 Å². The molecule has 0 radical (unpaired) electrons. The summed E-state index contributed by atoms with van der Waals surface area (Å²) >= 11 is 0. The molecule has 4 heterocycles. The van der Waals surface area contributed by atoms with Crippen LogP contribution in [0.25, 0.3) is 82.7 Å². The molecule has 176 valence electrons. The third kappa shape index (κ3) is 2.52. The highest BCUT2D eigenvalue weighted by atomic mass is 16.3. The molecule has 5 heteroatoms. The number of hydrogen-bond acceptors (Lipinski definition) is 4. The summed E-state index contributed by atoms with van der Waals surface area (Å²) < 4.78 is 8.33. The fraction of sp³-hybridized carbons (Fsp3) is 0. The summed E-state index contributed by atoms with van der Waals surface area (Å²) in [5, 5.41) is 5.65. The van der Waals surface area contributed by atoms with Crippen LogP contribution in [0.3, 0.4) is 0 Å². The first kappa shape index (κ1) is 19.8. The van der Waals surface area contributed by atoms with Crippen molar-refractivity contribution in [3.8, 4) is 22.6 Å². The number of benzene rings is 5. The third-order valence-corrected chi connectivity index (χ3v) is 7.67. The van der Waals surface area contributed by atoms with Gasteiger partial charge in [0.15, 0.2) is 17.8 Å². The Morgan fingerprint density at radius 1 is 0.579 bits per heavy atom. The Balaban J connectivity index is 1.42. The highest BCUT2D eigenvalue weighted by Crippen LogP contribution is 2.44. The first-order valence-electron chi connectivity index (χ1n) is 12.6. The van der Waals surface area contributed by atoms with Crippen molar-refractivity contribution in [2.24, 2.45) is 0 Å². The van der Waals surface area contributed by atoms with Gasteiger partial charge in [0.25, 0.3) is 0 Å². The summed E-state index contributed by atoms with van der Waals surface area (Å²) in [4.78, 5) is 14.5. The second-order valence-electron chi connectivity index (χ2n) is 9.71. The maximum absolute atomic E-state index is 5.98. The van der Waals surface area contributed by atoms with Gasteiger partial charge in [-0.15, -0.1) is 0 Å². The van der Waals surface area contributed by atoms with Crippen molar-refractivity contribution >= 4 is 60.1 Å². The molecule has 0 unspecified atom stereocenters. The van der Waals surface area contributed by atoms with Crippen molar-refractivity contribution in [2.75, 3.05) is 0 Å². The monoisotopic (exact) mass is 486 g/mol. The minimum atomic E-state index is 0.719. The van der Waals surface area contributed by atoms with E-state index in [0.717, 1.165) is 60.9 Å². The molecule has 0 saturated heterocycles. The van der Waals surface area contributed by atoms with E-state index in [1.54, 1.807) is 6.39 Å². The number of oxazole rings is 1. The molecule has 0 aliphatic heterocycles. The molecule has 0 aliphatic rings. The van der Waals surface area contributed by atoms with E-state index in [1.165, 1.54) is 21.8 Å². The Bertz CT molecular complexity index is 2350. The third-order valence-electron chi connectivity index (χ3n) is 7.67. The Hall–Kier alpha value is -5.29. The largest absolute Gasteiger partial charge is 0.443 e. The smallest absolute Gasteiger partial charge is 0.182 e. The van der Waals surface area contributed by atoms with Crippen LogP contribution in [0, 0.1) is 0 Å². The Morgan fingerprint density at radius 3 is 2.29 bits per heavy atom. The molecule has 9 rings (SSSR count). The van der Waals surface area contributed by atoms with E-state index < -0.39 is 0 Å². The van der Waals surface area contributed by atoms with E-state index in [4.69, 9.17) is 14.4 Å². The lowest BCUT2D eigenvalue weighted by molar-refractivity contribution is 0.605. The fourth-order valence-corrected chi connectivity index (χ4v) is 6.04. The van der Waals surface area contributed by atoms with Gasteiger partial charge < -0.3 is 8.82 Å². The number of rotatable bonds is 2. The molecule has 5 aromatic carbocycles. The highest BCUT2D eigenvalue weighted by Gasteiger charge is 2.22. The molecule has 0 atom stereocenters. The van der Waals surface area contributed by atoms with Crippen LogP contribution in [0.5, 0.6) is 0 Å². The SMILES string of the molecule is c1ccc(-c2nc(-c3ccc4c(c3)c3c5ocnc5cc5c6ccccc6n4c53)c3ccccc3n2)cc1. The highest BCUT2D eigenvalue weighted by molar-refractivity contribution is 6.30. The van der Waals surface area contributed by atoms with E-state index >= 15 is 0 Å². The van der Waals surface area contributed by atoms with Crippen LogP contribution in [0.1, 0.15) is 0 Å².